The largest absolute Gasteiger partial charge is 0.354 e. The highest BCUT2D eigenvalue weighted by atomic mass is 79.9. The third-order valence-corrected chi connectivity index (χ3v) is 3.06. The molecule has 0 aliphatic carbocycles. The molecule has 1 aliphatic rings. The number of hydrogen-bond donors (Lipinski definition) is 0. The molecule has 5 heteroatoms. The van der Waals surface area contributed by atoms with Gasteiger partial charge in [0.05, 0.1) is 4.83 Å². The average molecular weight is 255 g/mol. The summed E-state index contributed by atoms with van der Waals surface area (Å²) < 4.78 is 21.0. The maximum atomic E-state index is 5.52. The molecule has 0 aromatic rings. The number of alkyl halides is 1. The van der Waals surface area contributed by atoms with Crippen molar-refractivity contribution in [1.29, 1.82) is 0 Å². The van der Waals surface area contributed by atoms with Crippen LogP contribution in [0.25, 0.3) is 0 Å². The first-order valence-corrected chi connectivity index (χ1v) is 5.04. The fraction of sp³-hybridized carbons (Fsp3) is 1.00. The Morgan fingerprint density at radius 1 is 1.31 bits per heavy atom. The van der Waals surface area contributed by atoms with E-state index in [4.69, 9.17) is 18.9 Å². The van der Waals surface area contributed by atoms with Gasteiger partial charge in [-0.15, -0.1) is 0 Å². The Kier molecular flexibility index (Phi) is 4.12. The molecule has 13 heavy (non-hydrogen) atoms. The summed E-state index contributed by atoms with van der Waals surface area (Å²) in [6.07, 6.45) is 1.25. The maximum Gasteiger partial charge on any atom is 0.284 e. The number of methoxy groups -OCH3 is 3. The van der Waals surface area contributed by atoms with Gasteiger partial charge in [0, 0.05) is 27.8 Å². The van der Waals surface area contributed by atoms with Crippen LogP contribution in [0.15, 0.2) is 0 Å². The summed E-state index contributed by atoms with van der Waals surface area (Å²) in [5.41, 5.74) is 0. The van der Waals surface area contributed by atoms with E-state index in [0.717, 1.165) is 6.42 Å². The molecule has 4 nitrogen and oxygen atoms in total. The van der Waals surface area contributed by atoms with Crippen molar-refractivity contribution in [2.45, 2.75) is 29.9 Å². The molecule has 0 aromatic heterocycles. The van der Waals surface area contributed by atoms with Crippen molar-refractivity contribution in [1.82, 2.24) is 0 Å². The second-order valence-corrected chi connectivity index (χ2v) is 4.04. The third kappa shape index (κ3) is 2.41. The Morgan fingerprint density at radius 3 is 2.38 bits per heavy atom. The van der Waals surface area contributed by atoms with Gasteiger partial charge in [0.25, 0.3) is 5.97 Å². The van der Waals surface area contributed by atoms with Crippen LogP contribution in [-0.2, 0) is 18.9 Å². The number of halogens is 1. The van der Waals surface area contributed by atoms with E-state index in [2.05, 4.69) is 15.9 Å². The molecule has 0 amide bonds. The summed E-state index contributed by atoms with van der Waals surface area (Å²) in [6.45, 7) is 0. The molecule has 1 rings (SSSR count). The molecule has 78 valence electrons. The van der Waals surface area contributed by atoms with Gasteiger partial charge in [0.15, 0.2) is 6.29 Å². The quantitative estimate of drug-likeness (QED) is 0.565. The Balaban J connectivity index is 2.61. The van der Waals surface area contributed by atoms with Gasteiger partial charge in [-0.1, -0.05) is 15.9 Å². The van der Waals surface area contributed by atoms with Crippen LogP contribution in [0.2, 0.25) is 0 Å². The lowest BCUT2D eigenvalue weighted by molar-refractivity contribution is -0.416. The summed E-state index contributed by atoms with van der Waals surface area (Å²) >= 11 is 3.46. The maximum absolute atomic E-state index is 5.52. The van der Waals surface area contributed by atoms with Crippen LogP contribution in [0.1, 0.15) is 12.8 Å². The summed E-state index contributed by atoms with van der Waals surface area (Å²) in [5.74, 6) is -0.940. The van der Waals surface area contributed by atoms with Crippen molar-refractivity contribution in [2.75, 3.05) is 21.3 Å². The van der Waals surface area contributed by atoms with E-state index >= 15 is 0 Å². The molecule has 0 saturated carbocycles. The van der Waals surface area contributed by atoms with Crippen molar-refractivity contribution in [3.63, 3.8) is 0 Å². The van der Waals surface area contributed by atoms with Gasteiger partial charge in [-0.3, -0.25) is 4.74 Å². The van der Waals surface area contributed by atoms with Crippen LogP contribution < -0.4 is 0 Å². The van der Waals surface area contributed by atoms with Crippen LogP contribution in [0.3, 0.4) is 0 Å². The van der Waals surface area contributed by atoms with Crippen LogP contribution in [0.4, 0.5) is 0 Å². The van der Waals surface area contributed by atoms with E-state index < -0.39 is 5.97 Å². The predicted molar refractivity (Wildman–Crippen MR) is 50.6 cm³/mol. The molecule has 0 radical (unpaired) electrons. The van der Waals surface area contributed by atoms with E-state index in [1.54, 1.807) is 21.3 Å². The number of hydrogen-bond acceptors (Lipinski definition) is 4. The minimum atomic E-state index is -0.940. The topological polar surface area (TPSA) is 36.9 Å². The number of rotatable bonds is 3. The summed E-state index contributed by atoms with van der Waals surface area (Å²) in [6, 6.07) is 0. The first kappa shape index (κ1) is 11.4. The second-order valence-electron chi connectivity index (χ2n) is 2.87. The Bertz CT molecular complexity index is 160. The van der Waals surface area contributed by atoms with Gasteiger partial charge < -0.3 is 14.2 Å². The van der Waals surface area contributed by atoms with Crippen LogP contribution in [0.5, 0.6) is 0 Å². The van der Waals surface area contributed by atoms with Crippen molar-refractivity contribution in [3.05, 3.63) is 0 Å². The van der Waals surface area contributed by atoms with Crippen molar-refractivity contribution >= 4 is 15.9 Å². The lowest BCUT2D eigenvalue weighted by Gasteiger charge is -2.39. The SMILES string of the molecule is COC1OC(OC)(OC)CCC1Br. The molecule has 1 heterocycles. The van der Waals surface area contributed by atoms with Gasteiger partial charge in [0.1, 0.15) is 0 Å². The van der Waals surface area contributed by atoms with Crippen LogP contribution >= 0.6 is 15.9 Å². The highest BCUT2D eigenvalue weighted by Crippen LogP contribution is 2.33. The Labute approximate surface area is 86.6 Å². The molecular weight excluding hydrogens is 240 g/mol. The first-order chi connectivity index (χ1) is 6.17. The zero-order chi connectivity index (χ0) is 9.90. The van der Waals surface area contributed by atoms with Gasteiger partial charge in [-0.05, 0) is 6.42 Å². The fourth-order valence-electron chi connectivity index (χ4n) is 1.34. The lowest BCUT2D eigenvalue weighted by atomic mass is 10.1. The predicted octanol–water partition coefficient (Wildman–Crippen LogP) is 1.48. The normalized spacial score (nSPS) is 33.2. The van der Waals surface area contributed by atoms with Gasteiger partial charge in [-0.25, -0.2) is 0 Å². The van der Waals surface area contributed by atoms with Gasteiger partial charge in [-0.2, -0.15) is 0 Å². The Morgan fingerprint density at radius 2 is 1.92 bits per heavy atom. The van der Waals surface area contributed by atoms with Gasteiger partial charge >= 0.3 is 0 Å². The van der Waals surface area contributed by atoms with Crippen LogP contribution in [0, 0.1) is 0 Å². The molecule has 0 spiro atoms. The first-order valence-electron chi connectivity index (χ1n) is 4.12. The minimum Gasteiger partial charge on any atom is -0.354 e. The van der Waals surface area contributed by atoms with E-state index in [1.165, 1.54) is 0 Å². The van der Waals surface area contributed by atoms with Crippen LogP contribution in [-0.4, -0.2) is 38.4 Å². The Hall–Kier alpha value is 0.320. The van der Waals surface area contributed by atoms with E-state index in [-0.39, 0.29) is 11.1 Å². The zero-order valence-corrected chi connectivity index (χ0v) is 9.67. The van der Waals surface area contributed by atoms with Crippen molar-refractivity contribution in [3.8, 4) is 0 Å². The van der Waals surface area contributed by atoms with E-state index in [9.17, 15) is 0 Å². The lowest BCUT2D eigenvalue weighted by Crippen LogP contribution is -2.48. The summed E-state index contributed by atoms with van der Waals surface area (Å²) in [5, 5.41) is 0. The smallest absolute Gasteiger partial charge is 0.284 e. The third-order valence-electron chi connectivity index (χ3n) is 2.17. The van der Waals surface area contributed by atoms with Crippen molar-refractivity contribution < 1.29 is 18.9 Å². The second kappa shape index (κ2) is 4.70. The standard InChI is InChI=1S/C8H15BrO4/c1-10-7-6(9)4-5-8(11-2,12-3)13-7/h6-7H,4-5H2,1-3H3. The molecule has 1 aliphatic heterocycles. The molecule has 2 atom stereocenters. The van der Waals surface area contributed by atoms with Crippen molar-refractivity contribution in [2.24, 2.45) is 0 Å². The van der Waals surface area contributed by atoms with E-state index in [1.807, 2.05) is 0 Å². The molecule has 0 aromatic carbocycles. The number of ether oxygens (including phenoxy) is 4. The highest BCUT2D eigenvalue weighted by Gasteiger charge is 2.42. The summed E-state index contributed by atoms with van der Waals surface area (Å²) in [7, 11) is 4.72. The molecule has 0 bridgehead atoms. The highest BCUT2D eigenvalue weighted by molar-refractivity contribution is 9.09. The average Bonchev–Trinajstić information content (AvgIpc) is 2.19. The zero-order valence-electron chi connectivity index (χ0n) is 8.08. The molecule has 0 N–H and O–H groups in total. The molecule has 1 saturated heterocycles. The van der Waals surface area contributed by atoms with E-state index in [0.29, 0.717) is 6.42 Å². The molecule has 1 fully saturated rings. The molecular formula is C8H15BrO4. The fourth-order valence-corrected chi connectivity index (χ4v) is 1.89. The molecule has 2 unspecified atom stereocenters. The van der Waals surface area contributed by atoms with Gasteiger partial charge in [0.2, 0.25) is 0 Å². The monoisotopic (exact) mass is 254 g/mol. The minimum absolute atomic E-state index is 0.191. The summed E-state index contributed by atoms with van der Waals surface area (Å²) in [4.78, 5) is 0.191.